The second-order valence-corrected chi connectivity index (χ2v) is 6.04. The first-order valence-electron chi connectivity index (χ1n) is 5.08. The van der Waals surface area contributed by atoms with Crippen LogP contribution in [0.3, 0.4) is 0 Å². The number of benzene rings is 1. The molecule has 2 aromatic rings. The molecule has 0 atom stereocenters. The average Bonchev–Trinajstić information content (AvgIpc) is 2.81. The van der Waals surface area contributed by atoms with Crippen molar-refractivity contribution in [1.29, 1.82) is 0 Å². The third-order valence-electron chi connectivity index (χ3n) is 2.37. The Balaban J connectivity index is 2.47. The summed E-state index contributed by atoms with van der Waals surface area (Å²) < 4.78 is 53.1. The summed E-state index contributed by atoms with van der Waals surface area (Å²) in [5.74, 6) is -2.28. The fourth-order valence-corrected chi connectivity index (χ4v) is 3.28. The number of aliphatic hydroxyl groups excluding tert-OH is 1. The number of rotatable bonds is 4. The summed E-state index contributed by atoms with van der Waals surface area (Å²) in [6.07, 6.45) is 0. The molecule has 2 N–H and O–H groups in total. The number of hydrogen-bond donors (Lipinski definition) is 2. The fourth-order valence-electron chi connectivity index (χ4n) is 1.46. The van der Waals surface area contributed by atoms with Crippen molar-refractivity contribution in [3.8, 4) is 0 Å². The summed E-state index contributed by atoms with van der Waals surface area (Å²) in [5.41, 5.74) is -0.382. The summed E-state index contributed by atoms with van der Waals surface area (Å²) in [6.45, 7) is -0.917. The molecule has 1 aromatic heterocycles. The van der Waals surface area contributed by atoms with Gasteiger partial charge in [0.25, 0.3) is 10.0 Å². The van der Waals surface area contributed by atoms with Gasteiger partial charge in [0.2, 0.25) is 0 Å². The monoisotopic (exact) mass is 305 g/mol. The van der Waals surface area contributed by atoms with Crippen LogP contribution in [0.25, 0.3) is 0 Å². The molecule has 1 aromatic carbocycles. The highest BCUT2D eigenvalue weighted by molar-refractivity contribution is 7.92. The Kier molecular flexibility index (Phi) is 3.83. The van der Waals surface area contributed by atoms with Crippen LogP contribution in [0.4, 0.5) is 14.5 Å². The molecule has 4 nitrogen and oxygen atoms in total. The quantitative estimate of drug-likeness (QED) is 0.911. The molecule has 19 heavy (non-hydrogen) atoms. The molecule has 0 aliphatic heterocycles. The Morgan fingerprint density at radius 3 is 2.58 bits per heavy atom. The van der Waals surface area contributed by atoms with E-state index in [2.05, 4.69) is 4.72 Å². The van der Waals surface area contributed by atoms with E-state index in [4.69, 9.17) is 5.11 Å². The predicted molar refractivity (Wildman–Crippen MR) is 67.4 cm³/mol. The molecule has 0 radical (unpaired) electrons. The van der Waals surface area contributed by atoms with Gasteiger partial charge in [-0.1, -0.05) is 0 Å². The molecule has 0 spiro atoms. The highest BCUT2D eigenvalue weighted by atomic mass is 32.2. The van der Waals surface area contributed by atoms with Crippen molar-refractivity contribution in [1.82, 2.24) is 0 Å². The molecule has 102 valence electrons. The van der Waals surface area contributed by atoms with Gasteiger partial charge in [-0.2, -0.15) is 11.3 Å². The summed E-state index contributed by atoms with van der Waals surface area (Å²) in [4.78, 5) is -0.704. The molecule has 0 amide bonds. The SMILES string of the molecule is O=S(=O)(Nc1ccsc1)c1ccc(F)c(CO)c1F. The normalized spacial score (nSPS) is 11.5. The van der Waals surface area contributed by atoms with Crippen molar-refractivity contribution in [2.45, 2.75) is 11.5 Å². The lowest BCUT2D eigenvalue weighted by atomic mass is 10.2. The number of hydrogen-bond acceptors (Lipinski definition) is 4. The lowest BCUT2D eigenvalue weighted by Gasteiger charge is -2.10. The Bertz CT molecular complexity index is 684. The van der Waals surface area contributed by atoms with Crippen LogP contribution in [0.1, 0.15) is 5.56 Å². The van der Waals surface area contributed by atoms with Gasteiger partial charge < -0.3 is 5.11 Å². The molecular weight excluding hydrogens is 296 g/mol. The molecule has 0 saturated carbocycles. The van der Waals surface area contributed by atoms with Crippen LogP contribution in [-0.2, 0) is 16.6 Å². The Morgan fingerprint density at radius 2 is 2.00 bits per heavy atom. The van der Waals surface area contributed by atoms with Crippen LogP contribution in [0.15, 0.2) is 33.9 Å². The summed E-state index contributed by atoms with van der Waals surface area (Å²) >= 11 is 1.27. The lowest BCUT2D eigenvalue weighted by Crippen LogP contribution is -2.15. The first-order chi connectivity index (χ1) is 8.95. The van der Waals surface area contributed by atoms with E-state index in [1.165, 1.54) is 22.8 Å². The minimum absolute atomic E-state index is 0.291. The van der Waals surface area contributed by atoms with E-state index in [1.54, 1.807) is 5.38 Å². The van der Waals surface area contributed by atoms with Crippen molar-refractivity contribution < 1.29 is 22.3 Å². The van der Waals surface area contributed by atoms with E-state index >= 15 is 0 Å². The van der Waals surface area contributed by atoms with Gasteiger partial charge in [-0.15, -0.1) is 0 Å². The molecule has 0 fully saturated rings. The second kappa shape index (κ2) is 5.24. The van der Waals surface area contributed by atoms with Gasteiger partial charge in [0.05, 0.1) is 17.9 Å². The topological polar surface area (TPSA) is 66.4 Å². The van der Waals surface area contributed by atoms with E-state index in [0.29, 0.717) is 5.69 Å². The van der Waals surface area contributed by atoms with Gasteiger partial charge in [0.15, 0.2) is 5.82 Å². The molecule has 0 saturated heterocycles. The number of anilines is 1. The lowest BCUT2D eigenvalue weighted by molar-refractivity contribution is 0.267. The van der Waals surface area contributed by atoms with Crippen molar-refractivity contribution in [3.63, 3.8) is 0 Å². The fraction of sp³-hybridized carbons (Fsp3) is 0.0909. The average molecular weight is 305 g/mol. The molecule has 0 aliphatic carbocycles. The zero-order valence-corrected chi connectivity index (χ0v) is 11.1. The highest BCUT2D eigenvalue weighted by Gasteiger charge is 2.23. The molecular formula is C11H9F2NO3S2. The summed E-state index contributed by atoms with van der Waals surface area (Å²) in [5, 5.41) is 12.0. The molecule has 2 rings (SSSR count). The number of sulfonamides is 1. The van der Waals surface area contributed by atoms with Crippen molar-refractivity contribution in [3.05, 3.63) is 46.2 Å². The van der Waals surface area contributed by atoms with Crippen molar-refractivity contribution >= 4 is 27.0 Å². The third-order valence-corrected chi connectivity index (χ3v) is 4.45. The van der Waals surface area contributed by atoms with Gasteiger partial charge in [-0.05, 0) is 23.6 Å². The van der Waals surface area contributed by atoms with Crippen LogP contribution in [0, 0.1) is 11.6 Å². The number of aliphatic hydroxyl groups is 1. The van der Waals surface area contributed by atoms with Gasteiger partial charge in [-0.3, -0.25) is 4.72 Å². The van der Waals surface area contributed by atoms with Crippen LogP contribution >= 0.6 is 11.3 Å². The molecule has 0 bridgehead atoms. The summed E-state index contributed by atoms with van der Waals surface area (Å²) in [7, 11) is -4.16. The largest absolute Gasteiger partial charge is 0.391 e. The maximum atomic E-state index is 13.8. The Labute approximate surface area is 112 Å². The minimum atomic E-state index is -4.16. The molecule has 0 unspecified atom stereocenters. The number of nitrogens with one attached hydrogen (secondary N) is 1. The highest BCUT2D eigenvalue weighted by Crippen LogP contribution is 2.24. The van der Waals surface area contributed by atoms with E-state index < -0.39 is 38.7 Å². The van der Waals surface area contributed by atoms with E-state index in [9.17, 15) is 17.2 Å². The van der Waals surface area contributed by atoms with E-state index in [-0.39, 0.29) is 0 Å². The van der Waals surface area contributed by atoms with Gasteiger partial charge in [-0.25, -0.2) is 17.2 Å². The van der Waals surface area contributed by atoms with Crippen LogP contribution in [0.5, 0.6) is 0 Å². The van der Waals surface area contributed by atoms with Gasteiger partial charge >= 0.3 is 0 Å². The number of halogens is 2. The predicted octanol–water partition coefficient (Wildman–Crippen LogP) is 2.32. The van der Waals surface area contributed by atoms with Crippen LogP contribution < -0.4 is 4.72 Å². The van der Waals surface area contributed by atoms with E-state index in [0.717, 1.165) is 12.1 Å². The zero-order valence-electron chi connectivity index (χ0n) is 9.43. The van der Waals surface area contributed by atoms with Crippen molar-refractivity contribution in [2.24, 2.45) is 0 Å². The maximum absolute atomic E-state index is 13.8. The smallest absolute Gasteiger partial charge is 0.264 e. The van der Waals surface area contributed by atoms with E-state index in [1.807, 2.05) is 0 Å². The summed E-state index contributed by atoms with van der Waals surface area (Å²) in [6, 6.07) is 3.13. The minimum Gasteiger partial charge on any atom is -0.391 e. The van der Waals surface area contributed by atoms with Gasteiger partial charge in [0.1, 0.15) is 10.7 Å². The molecule has 8 heteroatoms. The maximum Gasteiger partial charge on any atom is 0.264 e. The zero-order chi connectivity index (χ0) is 14.0. The standard InChI is InChI=1S/C11H9F2NO3S2/c12-9-1-2-10(11(13)8(9)5-15)19(16,17)14-7-3-4-18-6-7/h1-4,6,14-15H,5H2. The second-order valence-electron chi connectivity index (χ2n) is 3.61. The Hall–Kier alpha value is -1.51. The van der Waals surface area contributed by atoms with Crippen molar-refractivity contribution in [2.75, 3.05) is 4.72 Å². The first-order valence-corrected chi connectivity index (χ1v) is 7.51. The molecule has 0 aliphatic rings. The van der Waals surface area contributed by atoms with Crippen LogP contribution in [0.2, 0.25) is 0 Å². The van der Waals surface area contributed by atoms with Crippen LogP contribution in [-0.4, -0.2) is 13.5 Å². The Morgan fingerprint density at radius 1 is 1.26 bits per heavy atom. The number of thiophene rings is 1. The first kappa shape index (κ1) is 13.9. The third kappa shape index (κ3) is 2.75. The van der Waals surface area contributed by atoms with Gasteiger partial charge in [0, 0.05) is 5.38 Å². The molecule has 1 heterocycles.